The summed E-state index contributed by atoms with van der Waals surface area (Å²) in [6.07, 6.45) is 3.53. The highest BCUT2D eigenvalue weighted by atomic mass is 32.1. The van der Waals surface area contributed by atoms with E-state index >= 15 is 0 Å². The van der Waals surface area contributed by atoms with Crippen LogP contribution in [0.25, 0.3) is 0 Å². The van der Waals surface area contributed by atoms with Gasteiger partial charge in [0.15, 0.2) is 4.80 Å². The molecule has 5 nitrogen and oxygen atoms in total. The van der Waals surface area contributed by atoms with Gasteiger partial charge in [-0.05, 0) is 12.1 Å². The van der Waals surface area contributed by atoms with E-state index in [9.17, 15) is 4.79 Å². The maximum absolute atomic E-state index is 12.1. The van der Waals surface area contributed by atoms with Crippen molar-refractivity contribution in [3.63, 3.8) is 0 Å². The summed E-state index contributed by atoms with van der Waals surface area (Å²) in [6.45, 7) is 0. The van der Waals surface area contributed by atoms with Gasteiger partial charge in [-0.25, -0.2) is 4.98 Å². The molecule has 0 fully saturated rings. The Labute approximate surface area is 109 Å². The fourth-order valence-electron chi connectivity index (χ4n) is 1.50. The zero-order chi connectivity index (χ0) is 13.1. The summed E-state index contributed by atoms with van der Waals surface area (Å²) in [5.74, 6) is 0.357. The number of thiazole rings is 1. The standard InChI is InChI=1S/C12H14N4OS/c1-15(2)10-9(5-4-6-13-10)11(17)14-12-16(3)7-8-18-12/h4-8H,1-3H3. The minimum Gasteiger partial charge on any atom is -0.362 e. The van der Waals surface area contributed by atoms with Crippen molar-refractivity contribution in [2.24, 2.45) is 12.0 Å². The third kappa shape index (κ3) is 2.48. The smallest absolute Gasteiger partial charge is 0.283 e. The maximum Gasteiger partial charge on any atom is 0.283 e. The summed E-state index contributed by atoms with van der Waals surface area (Å²) in [5.41, 5.74) is 0.510. The van der Waals surface area contributed by atoms with Gasteiger partial charge in [0, 0.05) is 38.9 Å². The third-order valence-electron chi connectivity index (χ3n) is 2.40. The molecule has 0 aliphatic rings. The molecule has 18 heavy (non-hydrogen) atoms. The van der Waals surface area contributed by atoms with Crippen molar-refractivity contribution >= 4 is 23.1 Å². The zero-order valence-electron chi connectivity index (χ0n) is 10.5. The summed E-state index contributed by atoms with van der Waals surface area (Å²) in [5, 5.41) is 1.89. The van der Waals surface area contributed by atoms with Gasteiger partial charge in [0.05, 0.1) is 5.56 Å². The molecule has 94 valence electrons. The molecule has 0 saturated carbocycles. The molecule has 1 amide bonds. The Bertz CT molecular complexity index is 627. The van der Waals surface area contributed by atoms with Crippen LogP contribution in [0.2, 0.25) is 0 Å². The average molecular weight is 262 g/mol. The van der Waals surface area contributed by atoms with E-state index in [0.717, 1.165) is 0 Å². The molecule has 0 saturated heterocycles. The monoisotopic (exact) mass is 262 g/mol. The molecule has 2 aromatic heterocycles. The number of carbonyl (C=O) groups is 1. The first-order valence-corrected chi connectivity index (χ1v) is 6.29. The Morgan fingerprint density at radius 2 is 2.28 bits per heavy atom. The lowest BCUT2D eigenvalue weighted by Crippen LogP contribution is -2.17. The van der Waals surface area contributed by atoms with Gasteiger partial charge in [-0.2, -0.15) is 4.99 Å². The Hall–Kier alpha value is -1.95. The van der Waals surface area contributed by atoms with Crippen LogP contribution in [0.5, 0.6) is 0 Å². The van der Waals surface area contributed by atoms with Gasteiger partial charge in [-0.15, -0.1) is 11.3 Å². The number of amides is 1. The minimum absolute atomic E-state index is 0.273. The van der Waals surface area contributed by atoms with Gasteiger partial charge in [0.25, 0.3) is 5.91 Å². The number of pyridine rings is 1. The summed E-state index contributed by atoms with van der Waals surface area (Å²) in [6, 6.07) is 3.48. The highest BCUT2D eigenvalue weighted by Gasteiger charge is 2.12. The van der Waals surface area contributed by atoms with E-state index < -0.39 is 0 Å². The van der Waals surface area contributed by atoms with E-state index in [2.05, 4.69) is 9.98 Å². The van der Waals surface area contributed by atoms with Gasteiger partial charge in [-0.3, -0.25) is 4.79 Å². The molecule has 0 spiro atoms. The molecule has 0 aliphatic heterocycles. The number of rotatable bonds is 2. The molecule has 0 aliphatic carbocycles. The minimum atomic E-state index is -0.273. The molecular formula is C12H14N4OS. The van der Waals surface area contributed by atoms with Crippen LogP contribution in [0.4, 0.5) is 5.82 Å². The van der Waals surface area contributed by atoms with Crippen LogP contribution in [-0.4, -0.2) is 29.6 Å². The second-order valence-electron chi connectivity index (χ2n) is 3.98. The SMILES string of the molecule is CN(C)c1ncccc1C(=O)N=c1sccn1C. The van der Waals surface area contributed by atoms with E-state index in [1.807, 2.05) is 37.3 Å². The second-order valence-corrected chi connectivity index (χ2v) is 4.86. The normalized spacial score (nSPS) is 11.6. The molecule has 0 radical (unpaired) electrons. The first kappa shape index (κ1) is 12.5. The molecule has 0 aromatic carbocycles. The molecule has 0 unspecified atom stereocenters. The lowest BCUT2D eigenvalue weighted by Gasteiger charge is -2.13. The summed E-state index contributed by atoms with van der Waals surface area (Å²) < 4.78 is 1.81. The highest BCUT2D eigenvalue weighted by Crippen LogP contribution is 2.15. The number of aromatic nitrogens is 2. The number of aryl methyl sites for hydroxylation is 1. The van der Waals surface area contributed by atoms with Crippen molar-refractivity contribution in [2.75, 3.05) is 19.0 Å². The number of anilines is 1. The number of hydrogen-bond donors (Lipinski definition) is 0. The fourth-order valence-corrected chi connectivity index (χ4v) is 2.23. The highest BCUT2D eigenvalue weighted by molar-refractivity contribution is 7.07. The van der Waals surface area contributed by atoms with Crippen molar-refractivity contribution in [3.8, 4) is 0 Å². The molecule has 2 aromatic rings. The second kappa shape index (κ2) is 5.14. The van der Waals surface area contributed by atoms with Gasteiger partial charge in [-0.1, -0.05) is 0 Å². The maximum atomic E-state index is 12.1. The topological polar surface area (TPSA) is 50.5 Å². The molecule has 2 rings (SSSR count). The summed E-state index contributed by atoms with van der Waals surface area (Å²) in [4.78, 5) is 22.9. The lowest BCUT2D eigenvalue weighted by molar-refractivity contribution is 0.0998. The van der Waals surface area contributed by atoms with E-state index in [-0.39, 0.29) is 5.91 Å². The Morgan fingerprint density at radius 3 is 2.89 bits per heavy atom. The van der Waals surface area contributed by atoms with Crippen molar-refractivity contribution in [1.82, 2.24) is 9.55 Å². The van der Waals surface area contributed by atoms with Crippen LogP contribution in [0.3, 0.4) is 0 Å². The molecule has 6 heteroatoms. The number of hydrogen-bond acceptors (Lipinski definition) is 4. The van der Waals surface area contributed by atoms with Crippen molar-refractivity contribution in [2.45, 2.75) is 0 Å². The van der Waals surface area contributed by atoms with E-state index in [1.165, 1.54) is 11.3 Å². The van der Waals surface area contributed by atoms with Gasteiger partial charge < -0.3 is 9.47 Å². The molecule has 0 N–H and O–H groups in total. The van der Waals surface area contributed by atoms with Gasteiger partial charge in [0.2, 0.25) is 0 Å². The van der Waals surface area contributed by atoms with Crippen LogP contribution in [0, 0.1) is 0 Å². The quantitative estimate of drug-likeness (QED) is 0.819. The third-order valence-corrected chi connectivity index (χ3v) is 3.25. The largest absolute Gasteiger partial charge is 0.362 e. The first-order chi connectivity index (χ1) is 8.59. The number of carbonyl (C=O) groups excluding carboxylic acids is 1. The van der Waals surface area contributed by atoms with Crippen molar-refractivity contribution in [1.29, 1.82) is 0 Å². The van der Waals surface area contributed by atoms with Crippen LogP contribution < -0.4 is 9.70 Å². The van der Waals surface area contributed by atoms with Crippen molar-refractivity contribution in [3.05, 3.63) is 40.3 Å². The Morgan fingerprint density at radius 1 is 1.50 bits per heavy atom. The molecule has 2 heterocycles. The van der Waals surface area contributed by atoms with E-state index in [0.29, 0.717) is 16.2 Å². The predicted molar refractivity (Wildman–Crippen MR) is 71.7 cm³/mol. The lowest BCUT2D eigenvalue weighted by atomic mass is 10.2. The Kier molecular flexibility index (Phi) is 3.57. The van der Waals surface area contributed by atoms with Crippen molar-refractivity contribution < 1.29 is 4.79 Å². The van der Waals surface area contributed by atoms with E-state index in [4.69, 9.17) is 0 Å². The van der Waals surface area contributed by atoms with Crippen LogP contribution in [0.1, 0.15) is 10.4 Å². The summed E-state index contributed by atoms with van der Waals surface area (Å²) >= 11 is 1.43. The van der Waals surface area contributed by atoms with Gasteiger partial charge >= 0.3 is 0 Å². The summed E-state index contributed by atoms with van der Waals surface area (Å²) in [7, 11) is 5.56. The average Bonchev–Trinajstić information content (AvgIpc) is 2.75. The van der Waals surface area contributed by atoms with E-state index in [1.54, 1.807) is 23.2 Å². The van der Waals surface area contributed by atoms with Gasteiger partial charge in [0.1, 0.15) is 5.82 Å². The number of nitrogens with zero attached hydrogens (tertiary/aromatic N) is 4. The molecule has 0 bridgehead atoms. The van der Waals surface area contributed by atoms with Crippen LogP contribution in [-0.2, 0) is 7.05 Å². The predicted octanol–water partition coefficient (Wildman–Crippen LogP) is 1.29. The van der Waals surface area contributed by atoms with Crippen LogP contribution in [0.15, 0.2) is 34.9 Å². The zero-order valence-corrected chi connectivity index (χ0v) is 11.3. The van der Waals surface area contributed by atoms with Crippen LogP contribution >= 0.6 is 11.3 Å². The molecular weight excluding hydrogens is 248 g/mol. The fraction of sp³-hybridized carbons (Fsp3) is 0.250. The molecule has 0 atom stereocenters. The first-order valence-electron chi connectivity index (χ1n) is 5.41. The Balaban J connectivity index is 2.45.